The number of anilines is 1. The zero-order chi connectivity index (χ0) is 18.4. The van der Waals surface area contributed by atoms with Crippen molar-refractivity contribution in [2.24, 2.45) is 5.92 Å². The number of nitrogens with two attached hydrogens (primary N) is 1. The number of Topliss-reactive ketones (excluding diaryl/α,β-unsaturated/α-hetero) is 1. The van der Waals surface area contributed by atoms with Crippen LogP contribution in [0.5, 0.6) is 0 Å². The number of carbonyl (C=O) groups excluding carboxylic acids is 2. The third-order valence-corrected chi connectivity index (χ3v) is 4.11. The molecule has 25 heavy (non-hydrogen) atoms. The highest BCUT2D eigenvalue weighted by Gasteiger charge is 2.20. The van der Waals surface area contributed by atoms with Crippen molar-refractivity contribution in [3.8, 4) is 0 Å². The first-order chi connectivity index (χ1) is 11.9. The zero-order valence-corrected chi connectivity index (χ0v) is 14.8. The second-order valence-corrected chi connectivity index (χ2v) is 6.44. The molecule has 4 nitrogen and oxygen atoms in total. The van der Waals surface area contributed by atoms with E-state index in [-0.39, 0.29) is 30.1 Å². The molecule has 0 saturated carbocycles. The molecule has 0 fully saturated rings. The SMILES string of the molecule is CC(=O)c1ccc(NC(=O)C[NH2+][C@H](c2ccc(F)cc2)C(C)C)cc1. The molecule has 0 unspecified atom stereocenters. The second kappa shape index (κ2) is 8.53. The minimum Gasteiger partial charge on any atom is -0.332 e. The van der Waals surface area contributed by atoms with Gasteiger partial charge >= 0.3 is 0 Å². The first kappa shape index (κ1) is 18.8. The summed E-state index contributed by atoms with van der Waals surface area (Å²) in [5.41, 5.74) is 2.27. The molecule has 0 aromatic heterocycles. The molecule has 1 atom stereocenters. The molecule has 0 radical (unpaired) electrons. The molecule has 2 aromatic carbocycles. The van der Waals surface area contributed by atoms with E-state index in [4.69, 9.17) is 0 Å². The van der Waals surface area contributed by atoms with Crippen molar-refractivity contribution in [2.45, 2.75) is 26.8 Å². The number of benzene rings is 2. The van der Waals surface area contributed by atoms with Crippen LogP contribution in [0.15, 0.2) is 48.5 Å². The number of quaternary nitrogens is 1. The number of carbonyl (C=O) groups is 2. The van der Waals surface area contributed by atoms with E-state index < -0.39 is 0 Å². The van der Waals surface area contributed by atoms with Crippen LogP contribution in [0.2, 0.25) is 0 Å². The van der Waals surface area contributed by atoms with Crippen molar-refractivity contribution in [3.63, 3.8) is 0 Å². The highest BCUT2D eigenvalue weighted by molar-refractivity contribution is 5.95. The van der Waals surface area contributed by atoms with Crippen molar-refractivity contribution >= 4 is 17.4 Å². The molecular weight excluding hydrogens is 319 g/mol. The Bertz CT molecular complexity index is 724. The predicted molar refractivity (Wildman–Crippen MR) is 95.8 cm³/mol. The maximum atomic E-state index is 13.1. The van der Waals surface area contributed by atoms with Gasteiger partial charge in [-0.3, -0.25) is 9.59 Å². The van der Waals surface area contributed by atoms with E-state index in [1.807, 2.05) is 5.32 Å². The lowest BCUT2D eigenvalue weighted by atomic mass is 9.96. The molecule has 132 valence electrons. The maximum absolute atomic E-state index is 13.1. The minimum atomic E-state index is -0.266. The van der Waals surface area contributed by atoms with Crippen LogP contribution in [-0.4, -0.2) is 18.2 Å². The normalized spacial score (nSPS) is 12.0. The van der Waals surface area contributed by atoms with E-state index >= 15 is 0 Å². The second-order valence-electron chi connectivity index (χ2n) is 6.44. The van der Waals surface area contributed by atoms with Gasteiger partial charge in [0.15, 0.2) is 12.3 Å². The molecule has 0 aliphatic rings. The average Bonchev–Trinajstić information content (AvgIpc) is 2.57. The van der Waals surface area contributed by atoms with Gasteiger partial charge < -0.3 is 10.6 Å². The van der Waals surface area contributed by atoms with Crippen LogP contribution >= 0.6 is 0 Å². The molecule has 1 amide bonds. The van der Waals surface area contributed by atoms with Crippen LogP contribution in [0.1, 0.15) is 42.7 Å². The van der Waals surface area contributed by atoms with Crippen molar-refractivity contribution in [1.29, 1.82) is 0 Å². The summed E-state index contributed by atoms with van der Waals surface area (Å²) in [5.74, 6) is -0.0975. The molecule has 2 aromatic rings. The van der Waals surface area contributed by atoms with Gasteiger partial charge in [0, 0.05) is 22.7 Å². The van der Waals surface area contributed by atoms with Crippen molar-refractivity contribution < 1.29 is 19.3 Å². The van der Waals surface area contributed by atoms with E-state index in [1.54, 1.807) is 36.4 Å². The average molecular weight is 343 g/mol. The Kier molecular flexibility index (Phi) is 6.42. The third-order valence-electron chi connectivity index (χ3n) is 4.11. The minimum absolute atomic E-state index is 0.00900. The summed E-state index contributed by atoms with van der Waals surface area (Å²) in [6.07, 6.45) is 0. The molecule has 3 N–H and O–H groups in total. The zero-order valence-electron chi connectivity index (χ0n) is 14.8. The predicted octanol–water partition coefficient (Wildman–Crippen LogP) is 2.93. The Balaban J connectivity index is 1.94. The fourth-order valence-electron chi connectivity index (χ4n) is 2.71. The van der Waals surface area contributed by atoms with E-state index in [2.05, 4.69) is 19.2 Å². The highest BCUT2D eigenvalue weighted by atomic mass is 19.1. The van der Waals surface area contributed by atoms with Gasteiger partial charge in [0.25, 0.3) is 5.91 Å². The number of hydrogen-bond donors (Lipinski definition) is 2. The number of amides is 1. The van der Waals surface area contributed by atoms with E-state index in [0.717, 1.165) is 5.56 Å². The van der Waals surface area contributed by atoms with Crippen LogP contribution in [0.4, 0.5) is 10.1 Å². The number of halogens is 1. The molecule has 0 saturated heterocycles. The number of rotatable bonds is 7. The van der Waals surface area contributed by atoms with Crippen LogP contribution in [0.25, 0.3) is 0 Å². The number of ketones is 1. The molecule has 5 heteroatoms. The summed E-state index contributed by atoms with van der Waals surface area (Å²) >= 11 is 0. The molecule has 0 aliphatic carbocycles. The molecule has 0 spiro atoms. The Morgan fingerprint density at radius 3 is 2.16 bits per heavy atom. The van der Waals surface area contributed by atoms with Gasteiger partial charge in [-0.05, 0) is 43.3 Å². The van der Waals surface area contributed by atoms with Crippen molar-refractivity contribution in [2.75, 3.05) is 11.9 Å². The Hall–Kier alpha value is -2.53. The molecule has 0 aliphatic heterocycles. The molecule has 2 rings (SSSR count). The lowest BCUT2D eigenvalue weighted by molar-refractivity contribution is -0.692. The third kappa shape index (κ3) is 5.50. The lowest BCUT2D eigenvalue weighted by Gasteiger charge is -2.19. The van der Waals surface area contributed by atoms with Crippen molar-refractivity contribution in [3.05, 3.63) is 65.5 Å². The van der Waals surface area contributed by atoms with Gasteiger partial charge in [0.05, 0.1) is 0 Å². The van der Waals surface area contributed by atoms with Crippen LogP contribution in [-0.2, 0) is 4.79 Å². The van der Waals surface area contributed by atoms with Crippen LogP contribution in [0, 0.1) is 11.7 Å². The van der Waals surface area contributed by atoms with E-state index in [9.17, 15) is 14.0 Å². The standard InChI is InChI=1S/C20H23FN2O2/c1-13(2)20(16-4-8-17(21)9-5-16)22-12-19(25)23-18-10-6-15(7-11-18)14(3)24/h4-11,13,20,22H,12H2,1-3H3,(H,23,25)/p+1/t20-/m0/s1. The van der Waals surface area contributed by atoms with Gasteiger partial charge in [-0.1, -0.05) is 26.0 Å². The van der Waals surface area contributed by atoms with Gasteiger partial charge in [-0.15, -0.1) is 0 Å². The van der Waals surface area contributed by atoms with Crippen LogP contribution in [0.3, 0.4) is 0 Å². The summed E-state index contributed by atoms with van der Waals surface area (Å²) in [7, 11) is 0. The summed E-state index contributed by atoms with van der Waals surface area (Å²) in [6, 6.07) is 13.3. The first-order valence-electron chi connectivity index (χ1n) is 8.36. The fourth-order valence-corrected chi connectivity index (χ4v) is 2.71. The first-order valence-corrected chi connectivity index (χ1v) is 8.36. The molecule has 0 bridgehead atoms. The number of hydrogen-bond acceptors (Lipinski definition) is 2. The summed E-state index contributed by atoms with van der Waals surface area (Å²) < 4.78 is 13.1. The maximum Gasteiger partial charge on any atom is 0.279 e. The largest absolute Gasteiger partial charge is 0.332 e. The Morgan fingerprint density at radius 2 is 1.64 bits per heavy atom. The Morgan fingerprint density at radius 1 is 1.04 bits per heavy atom. The van der Waals surface area contributed by atoms with E-state index in [0.29, 0.717) is 17.2 Å². The molecule has 0 heterocycles. The smallest absolute Gasteiger partial charge is 0.279 e. The summed E-state index contributed by atoms with van der Waals surface area (Å²) in [4.78, 5) is 23.4. The summed E-state index contributed by atoms with van der Waals surface area (Å²) in [5, 5.41) is 4.78. The topological polar surface area (TPSA) is 62.8 Å². The quantitative estimate of drug-likeness (QED) is 0.759. The van der Waals surface area contributed by atoms with Gasteiger partial charge in [0.2, 0.25) is 0 Å². The van der Waals surface area contributed by atoms with E-state index in [1.165, 1.54) is 19.1 Å². The van der Waals surface area contributed by atoms with Gasteiger partial charge in [-0.25, -0.2) is 4.39 Å². The highest BCUT2D eigenvalue weighted by Crippen LogP contribution is 2.17. The monoisotopic (exact) mass is 343 g/mol. The lowest BCUT2D eigenvalue weighted by Crippen LogP contribution is -2.88. The van der Waals surface area contributed by atoms with Crippen molar-refractivity contribution in [1.82, 2.24) is 0 Å². The molecular formula is C20H24FN2O2+. The Labute approximate surface area is 147 Å². The van der Waals surface area contributed by atoms with Crippen LogP contribution < -0.4 is 10.6 Å². The summed E-state index contributed by atoms with van der Waals surface area (Å²) in [6.45, 7) is 5.91. The number of nitrogens with one attached hydrogen (secondary N) is 1. The van der Waals surface area contributed by atoms with Gasteiger partial charge in [0.1, 0.15) is 11.9 Å². The fraction of sp³-hybridized carbons (Fsp3) is 0.300. The van der Waals surface area contributed by atoms with Gasteiger partial charge in [-0.2, -0.15) is 0 Å².